The first-order chi connectivity index (χ1) is 12.7. The van der Waals surface area contributed by atoms with E-state index >= 15 is 0 Å². The average molecular weight is 355 g/mol. The molecule has 2 aliphatic rings. The molecule has 0 radical (unpaired) electrons. The van der Waals surface area contributed by atoms with E-state index in [1.54, 1.807) is 6.08 Å². The summed E-state index contributed by atoms with van der Waals surface area (Å²) < 4.78 is 0. The van der Waals surface area contributed by atoms with Gasteiger partial charge in [0.25, 0.3) is 0 Å². The quantitative estimate of drug-likeness (QED) is 0.580. The van der Waals surface area contributed by atoms with Gasteiger partial charge in [0.05, 0.1) is 0 Å². The van der Waals surface area contributed by atoms with Gasteiger partial charge >= 0.3 is 5.97 Å². The van der Waals surface area contributed by atoms with Crippen molar-refractivity contribution in [2.24, 2.45) is 17.8 Å². The van der Waals surface area contributed by atoms with E-state index in [2.05, 4.69) is 31.2 Å². The van der Waals surface area contributed by atoms with E-state index in [0.29, 0.717) is 5.92 Å². The van der Waals surface area contributed by atoms with Crippen LogP contribution in [0.4, 0.5) is 0 Å². The molecule has 0 heterocycles. The normalized spacial score (nSPS) is 29.7. The molecular weight excluding hydrogens is 320 g/mol. The standard InChI is InChI=1S/C24H34O2/c1-2-3-18-4-9-20(10-5-18)22-13-15-23(16-14-22)21-11-6-19(7-12-21)8-17-24(25)26/h6-8,11-12,17-18,20,22-23H,2-5,9-10,13-16H2,1H3,(H,25,26). The Kier molecular flexibility index (Phi) is 6.93. The van der Waals surface area contributed by atoms with Crippen molar-refractivity contribution in [3.63, 3.8) is 0 Å². The Hall–Kier alpha value is -1.57. The van der Waals surface area contributed by atoms with Crippen LogP contribution in [-0.2, 0) is 4.79 Å². The molecule has 2 saturated carbocycles. The lowest BCUT2D eigenvalue weighted by Crippen LogP contribution is -2.25. The van der Waals surface area contributed by atoms with Crippen LogP contribution < -0.4 is 0 Å². The van der Waals surface area contributed by atoms with Crippen molar-refractivity contribution in [1.82, 2.24) is 0 Å². The molecule has 0 atom stereocenters. The van der Waals surface area contributed by atoms with Crippen molar-refractivity contribution in [3.05, 3.63) is 41.5 Å². The van der Waals surface area contributed by atoms with E-state index in [-0.39, 0.29) is 0 Å². The second kappa shape index (κ2) is 9.39. The van der Waals surface area contributed by atoms with Crippen LogP contribution in [0.2, 0.25) is 0 Å². The molecule has 1 aromatic carbocycles. The molecule has 2 nitrogen and oxygen atoms in total. The van der Waals surface area contributed by atoms with Crippen molar-refractivity contribution in [2.45, 2.75) is 77.0 Å². The highest BCUT2D eigenvalue weighted by molar-refractivity contribution is 5.85. The summed E-state index contributed by atoms with van der Waals surface area (Å²) in [5, 5.41) is 8.72. The number of benzene rings is 1. The topological polar surface area (TPSA) is 37.3 Å². The van der Waals surface area contributed by atoms with E-state index in [0.717, 1.165) is 23.3 Å². The van der Waals surface area contributed by atoms with Crippen LogP contribution in [0, 0.1) is 17.8 Å². The maximum absolute atomic E-state index is 10.6. The van der Waals surface area contributed by atoms with E-state index < -0.39 is 5.97 Å². The maximum Gasteiger partial charge on any atom is 0.328 e. The summed E-state index contributed by atoms with van der Waals surface area (Å²) in [4.78, 5) is 10.6. The Bertz CT molecular complexity index is 585. The number of hydrogen-bond acceptors (Lipinski definition) is 1. The highest BCUT2D eigenvalue weighted by Gasteiger charge is 2.30. The summed E-state index contributed by atoms with van der Waals surface area (Å²) in [5.74, 6) is 2.77. The predicted octanol–water partition coefficient (Wildman–Crippen LogP) is 6.66. The smallest absolute Gasteiger partial charge is 0.328 e. The van der Waals surface area contributed by atoms with E-state index in [1.807, 2.05) is 0 Å². The Morgan fingerprint density at radius 3 is 2.08 bits per heavy atom. The number of hydrogen-bond donors (Lipinski definition) is 1. The molecule has 142 valence electrons. The van der Waals surface area contributed by atoms with Crippen molar-refractivity contribution >= 4 is 12.0 Å². The third-order valence-electron chi connectivity index (χ3n) is 6.85. The summed E-state index contributed by atoms with van der Waals surface area (Å²) in [5.41, 5.74) is 2.40. The molecular formula is C24H34O2. The number of carboxylic acid groups (broad SMARTS) is 1. The number of aliphatic carboxylic acids is 1. The minimum Gasteiger partial charge on any atom is -0.478 e. The first kappa shape index (κ1) is 19.2. The third kappa shape index (κ3) is 5.22. The second-order valence-electron chi connectivity index (χ2n) is 8.52. The first-order valence-electron chi connectivity index (χ1n) is 10.7. The minimum absolute atomic E-state index is 0.695. The van der Waals surface area contributed by atoms with Gasteiger partial charge in [-0.15, -0.1) is 0 Å². The highest BCUT2D eigenvalue weighted by Crippen LogP contribution is 2.44. The van der Waals surface area contributed by atoms with Crippen LogP contribution in [-0.4, -0.2) is 11.1 Å². The van der Waals surface area contributed by atoms with Gasteiger partial charge in [-0.25, -0.2) is 4.79 Å². The summed E-state index contributed by atoms with van der Waals surface area (Å²) in [6.07, 6.45) is 17.0. The Morgan fingerprint density at radius 2 is 1.54 bits per heavy atom. The first-order valence-corrected chi connectivity index (χ1v) is 10.7. The van der Waals surface area contributed by atoms with Crippen LogP contribution in [0.25, 0.3) is 6.08 Å². The molecule has 0 amide bonds. The number of carbonyl (C=O) groups is 1. The predicted molar refractivity (Wildman–Crippen MR) is 108 cm³/mol. The van der Waals surface area contributed by atoms with Gasteiger partial charge in [-0.3, -0.25) is 0 Å². The van der Waals surface area contributed by atoms with Gasteiger partial charge in [0.15, 0.2) is 0 Å². The van der Waals surface area contributed by atoms with E-state index in [9.17, 15) is 4.79 Å². The van der Waals surface area contributed by atoms with Gasteiger partial charge in [-0.05, 0) is 79.4 Å². The fourth-order valence-electron chi connectivity index (χ4n) is 5.33. The molecule has 26 heavy (non-hydrogen) atoms. The lowest BCUT2D eigenvalue weighted by atomic mass is 9.68. The second-order valence-corrected chi connectivity index (χ2v) is 8.52. The van der Waals surface area contributed by atoms with Crippen LogP contribution >= 0.6 is 0 Å². The average Bonchev–Trinajstić information content (AvgIpc) is 2.68. The van der Waals surface area contributed by atoms with Gasteiger partial charge in [-0.2, -0.15) is 0 Å². The van der Waals surface area contributed by atoms with Crippen molar-refractivity contribution < 1.29 is 9.90 Å². The number of rotatable bonds is 6. The van der Waals surface area contributed by atoms with E-state index in [1.165, 1.54) is 75.8 Å². The highest BCUT2D eigenvalue weighted by atomic mass is 16.4. The molecule has 3 rings (SSSR count). The third-order valence-corrected chi connectivity index (χ3v) is 6.85. The molecule has 2 aliphatic carbocycles. The van der Waals surface area contributed by atoms with Crippen molar-refractivity contribution in [3.8, 4) is 0 Å². The fourth-order valence-corrected chi connectivity index (χ4v) is 5.33. The zero-order valence-corrected chi connectivity index (χ0v) is 16.2. The van der Waals surface area contributed by atoms with Crippen molar-refractivity contribution in [2.75, 3.05) is 0 Å². The summed E-state index contributed by atoms with van der Waals surface area (Å²) >= 11 is 0. The summed E-state index contributed by atoms with van der Waals surface area (Å²) in [6.45, 7) is 2.32. The summed E-state index contributed by atoms with van der Waals surface area (Å²) in [6, 6.07) is 8.50. The molecule has 1 aromatic rings. The molecule has 2 heteroatoms. The molecule has 0 aliphatic heterocycles. The minimum atomic E-state index is -0.892. The Labute approximate surface area is 158 Å². The largest absolute Gasteiger partial charge is 0.478 e. The van der Waals surface area contributed by atoms with Crippen LogP contribution in [0.3, 0.4) is 0 Å². The van der Waals surface area contributed by atoms with Crippen LogP contribution in [0.5, 0.6) is 0 Å². The van der Waals surface area contributed by atoms with Crippen molar-refractivity contribution in [1.29, 1.82) is 0 Å². The SMILES string of the molecule is CCCC1CCC(C2CCC(c3ccc(C=CC(=O)O)cc3)CC2)CC1. The van der Waals surface area contributed by atoms with E-state index in [4.69, 9.17) is 5.11 Å². The lowest BCUT2D eigenvalue weighted by Gasteiger charge is -2.38. The van der Waals surface area contributed by atoms with Crippen LogP contribution in [0.15, 0.2) is 30.3 Å². The molecule has 0 bridgehead atoms. The van der Waals surface area contributed by atoms with Gasteiger partial charge in [-0.1, -0.05) is 56.9 Å². The molecule has 1 N–H and O–H groups in total. The zero-order valence-electron chi connectivity index (χ0n) is 16.2. The van der Waals surface area contributed by atoms with Crippen LogP contribution in [0.1, 0.15) is 88.2 Å². The summed E-state index contributed by atoms with van der Waals surface area (Å²) in [7, 11) is 0. The Morgan fingerprint density at radius 1 is 0.962 bits per heavy atom. The maximum atomic E-state index is 10.6. The van der Waals surface area contributed by atoms with Gasteiger partial charge in [0, 0.05) is 6.08 Å². The fraction of sp³-hybridized carbons (Fsp3) is 0.625. The van der Waals surface area contributed by atoms with Gasteiger partial charge in [0.2, 0.25) is 0 Å². The molecule has 0 aromatic heterocycles. The molecule has 0 unspecified atom stereocenters. The Balaban J connectivity index is 1.47. The monoisotopic (exact) mass is 354 g/mol. The molecule has 0 saturated heterocycles. The lowest BCUT2D eigenvalue weighted by molar-refractivity contribution is -0.131. The number of carboxylic acids is 1. The zero-order chi connectivity index (χ0) is 18.4. The molecule has 2 fully saturated rings. The van der Waals surface area contributed by atoms with Gasteiger partial charge < -0.3 is 5.11 Å². The molecule has 0 spiro atoms. The van der Waals surface area contributed by atoms with Gasteiger partial charge in [0.1, 0.15) is 0 Å².